The lowest BCUT2D eigenvalue weighted by Crippen LogP contribution is -2.59. The lowest BCUT2D eigenvalue weighted by Gasteiger charge is -2.38. The predicted octanol–water partition coefficient (Wildman–Crippen LogP) is 2.19. The van der Waals surface area contributed by atoms with E-state index in [1.54, 1.807) is 0 Å². The van der Waals surface area contributed by atoms with E-state index in [9.17, 15) is 24.8 Å². The smallest absolute Gasteiger partial charge is 0.251 e. The summed E-state index contributed by atoms with van der Waals surface area (Å²) >= 11 is 0. The normalized spacial score (nSPS) is 25.3. The van der Waals surface area contributed by atoms with Crippen LogP contribution in [0.3, 0.4) is 0 Å². The van der Waals surface area contributed by atoms with Gasteiger partial charge in [-0.15, -0.1) is 0 Å². The summed E-state index contributed by atoms with van der Waals surface area (Å²) in [4.78, 5) is 43.1. The van der Waals surface area contributed by atoms with E-state index in [4.69, 9.17) is 0 Å². The Morgan fingerprint density at radius 1 is 1.19 bits per heavy atom. The van der Waals surface area contributed by atoms with Crippen molar-refractivity contribution >= 4 is 23.4 Å². The number of β-amino-alcohol motifs (C(OH)–C–C–N with tert-alkyl or cyclic N) is 1. The molecule has 0 radical (unpaired) electrons. The second-order valence-electron chi connectivity index (χ2n) is 11.7. The lowest BCUT2D eigenvalue weighted by molar-refractivity contribution is -0.129. The van der Waals surface area contributed by atoms with E-state index in [1.165, 1.54) is 9.80 Å². The number of hydrogen-bond donors (Lipinski definition) is 3. The van der Waals surface area contributed by atoms with Gasteiger partial charge in [-0.05, 0) is 36.0 Å². The minimum atomic E-state index is -0.924. The first-order valence-electron chi connectivity index (χ1n) is 13.4. The van der Waals surface area contributed by atoms with E-state index in [1.807, 2.05) is 30.5 Å². The van der Waals surface area contributed by atoms with Crippen molar-refractivity contribution in [1.29, 1.82) is 5.26 Å². The van der Waals surface area contributed by atoms with Crippen molar-refractivity contribution in [3.8, 4) is 6.19 Å². The molecule has 1 aliphatic carbocycles. The minimum absolute atomic E-state index is 0.0398. The first-order valence-corrected chi connectivity index (χ1v) is 13.4. The van der Waals surface area contributed by atoms with Crippen LogP contribution in [0.2, 0.25) is 0 Å². The Morgan fingerprint density at radius 3 is 2.43 bits per heavy atom. The first-order chi connectivity index (χ1) is 17.6. The number of nitriles is 1. The van der Waals surface area contributed by atoms with Gasteiger partial charge in [0, 0.05) is 37.0 Å². The SMILES string of the molecule is CC(C)(C)c1ccc(N(C(=O)[C@H]2C[C@@H](O)CN2C#N)C(C(=O)NC2CCCCC2)C2CNC(=O)C2)cc1. The fraction of sp³-hybridized carbons (Fsp3) is 0.643. The molecule has 4 rings (SSSR count). The van der Waals surface area contributed by atoms with Crippen LogP contribution >= 0.6 is 0 Å². The highest BCUT2D eigenvalue weighted by Gasteiger charge is 2.46. The molecule has 2 aliphatic heterocycles. The van der Waals surface area contributed by atoms with Crippen molar-refractivity contribution in [2.24, 2.45) is 5.92 Å². The molecule has 0 aromatic heterocycles. The molecule has 0 bridgehead atoms. The first kappa shape index (κ1) is 26.9. The average Bonchev–Trinajstić information content (AvgIpc) is 3.47. The number of aliphatic hydroxyl groups is 1. The molecule has 37 heavy (non-hydrogen) atoms. The highest BCUT2D eigenvalue weighted by atomic mass is 16.3. The molecule has 3 amide bonds. The third-order valence-electron chi connectivity index (χ3n) is 7.90. The van der Waals surface area contributed by atoms with E-state index in [2.05, 4.69) is 31.4 Å². The van der Waals surface area contributed by atoms with E-state index >= 15 is 0 Å². The van der Waals surface area contributed by atoms with E-state index in [-0.39, 0.29) is 42.7 Å². The molecule has 0 spiro atoms. The van der Waals surface area contributed by atoms with Crippen molar-refractivity contribution in [2.45, 2.75) is 95.4 Å². The standard InChI is InChI=1S/C28H39N5O4/c1-28(2,3)19-9-11-21(12-10-19)33(27(37)23-14-22(34)16-32(23)17-29)25(18-13-24(35)30-15-18)26(36)31-20-7-5-4-6-8-20/h9-12,18,20,22-23,25,34H,4-8,13-16H2,1-3H3,(H,30,35)(H,31,36)/t18?,22-,23-,25?/m1/s1. The molecule has 2 heterocycles. The fourth-order valence-electron chi connectivity index (χ4n) is 5.79. The summed E-state index contributed by atoms with van der Waals surface area (Å²) in [6.45, 7) is 6.68. The van der Waals surface area contributed by atoms with Gasteiger partial charge < -0.3 is 15.7 Å². The van der Waals surface area contributed by atoms with Crippen LogP contribution in [0, 0.1) is 17.4 Å². The molecule has 9 heteroatoms. The van der Waals surface area contributed by atoms with Gasteiger partial charge in [0.15, 0.2) is 6.19 Å². The number of carbonyl (C=O) groups is 3. The zero-order valence-electron chi connectivity index (χ0n) is 22.1. The Labute approximate surface area is 219 Å². The Kier molecular flexibility index (Phi) is 8.08. The van der Waals surface area contributed by atoms with Crippen molar-refractivity contribution in [2.75, 3.05) is 18.0 Å². The fourth-order valence-corrected chi connectivity index (χ4v) is 5.79. The molecule has 9 nitrogen and oxygen atoms in total. The molecule has 2 unspecified atom stereocenters. The van der Waals surface area contributed by atoms with Crippen molar-refractivity contribution in [1.82, 2.24) is 15.5 Å². The zero-order chi connectivity index (χ0) is 26.7. The number of amides is 3. The molecule has 4 atom stereocenters. The van der Waals surface area contributed by atoms with Crippen LogP contribution in [-0.2, 0) is 19.8 Å². The lowest BCUT2D eigenvalue weighted by atomic mass is 9.86. The number of carbonyl (C=O) groups excluding carboxylic acids is 3. The third-order valence-corrected chi connectivity index (χ3v) is 7.90. The van der Waals surface area contributed by atoms with Gasteiger partial charge in [-0.3, -0.25) is 24.2 Å². The second-order valence-corrected chi connectivity index (χ2v) is 11.7. The molecule has 3 N–H and O–H groups in total. The monoisotopic (exact) mass is 509 g/mol. The van der Waals surface area contributed by atoms with Gasteiger partial charge in [-0.2, -0.15) is 5.26 Å². The van der Waals surface area contributed by atoms with Crippen LogP contribution in [0.25, 0.3) is 0 Å². The Morgan fingerprint density at radius 2 is 1.86 bits per heavy atom. The summed E-state index contributed by atoms with van der Waals surface area (Å²) in [6, 6.07) is 5.82. The maximum absolute atomic E-state index is 14.2. The molecule has 2 saturated heterocycles. The molecule has 200 valence electrons. The quantitative estimate of drug-likeness (QED) is 0.505. The number of nitrogens with zero attached hydrogens (tertiary/aromatic N) is 3. The Bertz CT molecular complexity index is 1040. The summed E-state index contributed by atoms with van der Waals surface area (Å²) in [5.41, 5.74) is 1.53. The predicted molar refractivity (Wildman–Crippen MR) is 139 cm³/mol. The van der Waals surface area contributed by atoms with E-state index in [0.29, 0.717) is 12.2 Å². The number of nitrogens with one attached hydrogen (secondary N) is 2. The van der Waals surface area contributed by atoms with Crippen LogP contribution in [0.15, 0.2) is 24.3 Å². The Balaban J connectivity index is 1.74. The largest absolute Gasteiger partial charge is 0.391 e. The highest BCUT2D eigenvalue weighted by Crippen LogP contribution is 2.32. The topological polar surface area (TPSA) is 126 Å². The summed E-state index contributed by atoms with van der Waals surface area (Å²) in [7, 11) is 0. The molecule has 1 saturated carbocycles. The van der Waals surface area contributed by atoms with Gasteiger partial charge in [-0.1, -0.05) is 52.2 Å². The van der Waals surface area contributed by atoms with Crippen LogP contribution in [0.4, 0.5) is 5.69 Å². The Hall–Kier alpha value is -3.12. The van der Waals surface area contributed by atoms with Gasteiger partial charge in [0.25, 0.3) is 5.91 Å². The number of anilines is 1. The summed E-state index contributed by atoms with van der Waals surface area (Å²) in [6.07, 6.45) is 6.52. The van der Waals surface area contributed by atoms with E-state index in [0.717, 1.165) is 37.7 Å². The number of likely N-dealkylation sites (tertiary alicyclic amines) is 1. The van der Waals surface area contributed by atoms with E-state index < -0.39 is 30.0 Å². The minimum Gasteiger partial charge on any atom is -0.391 e. The molecule has 1 aromatic carbocycles. The van der Waals surface area contributed by atoms with Gasteiger partial charge in [0.2, 0.25) is 11.8 Å². The van der Waals surface area contributed by atoms with Crippen LogP contribution in [0.1, 0.15) is 71.3 Å². The maximum Gasteiger partial charge on any atom is 0.251 e. The second kappa shape index (κ2) is 11.1. The summed E-state index contributed by atoms with van der Waals surface area (Å²) in [5.74, 6) is -1.25. The van der Waals surface area contributed by atoms with Crippen LogP contribution in [0.5, 0.6) is 0 Å². The average molecular weight is 510 g/mol. The molecule has 3 fully saturated rings. The van der Waals surface area contributed by atoms with Gasteiger partial charge in [0.05, 0.1) is 12.6 Å². The zero-order valence-corrected chi connectivity index (χ0v) is 22.1. The summed E-state index contributed by atoms with van der Waals surface area (Å²) in [5, 5.41) is 25.9. The van der Waals surface area contributed by atoms with Crippen LogP contribution in [-0.4, -0.2) is 65.0 Å². The molecule has 3 aliphatic rings. The van der Waals surface area contributed by atoms with Gasteiger partial charge in [-0.25, -0.2) is 0 Å². The van der Waals surface area contributed by atoms with Crippen LogP contribution < -0.4 is 15.5 Å². The number of hydrogen-bond acceptors (Lipinski definition) is 6. The maximum atomic E-state index is 14.2. The number of aliphatic hydroxyl groups excluding tert-OH is 1. The molecular formula is C28H39N5O4. The van der Waals surface area contributed by atoms with Crippen molar-refractivity contribution in [3.63, 3.8) is 0 Å². The van der Waals surface area contributed by atoms with Gasteiger partial charge in [0.1, 0.15) is 12.1 Å². The molecule has 1 aromatic rings. The van der Waals surface area contributed by atoms with Crippen molar-refractivity contribution in [3.05, 3.63) is 29.8 Å². The number of benzene rings is 1. The van der Waals surface area contributed by atoms with Gasteiger partial charge >= 0.3 is 0 Å². The summed E-state index contributed by atoms with van der Waals surface area (Å²) < 4.78 is 0. The number of rotatable bonds is 6. The highest BCUT2D eigenvalue weighted by molar-refractivity contribution is 6.04. The third kappa shape index (κ3) is 6.07. The van der Waals surface area contributed by atoms with Crippen molar-refractivity contribution < 1.29 is 19.5 Å². The molecular weight excluding hydrogens is 470 g/mol.